The van der Waals surface area contributed by atoms with Crippen LogP contribution in [0, 0.1) is 5.82 Å². The topological polar surface area (TPSA) is 17.8 Å². The molecular weight excluding hydrogens is 355 g/mol. The number of aromatic nitrogens is 2. The first-order chi connectivity index (χ1) is 10.1. The molecule has 0 fully saturated rings. The van der Waals surface area contributed by atoms with E-state index >= 15 is 0 Å². The maximum atomic E-state index is 13.9. The van der Waals surface area contributed by atoms with Crippen LogP contribution in [-0.2, 0) is 5.88 Å². The van der Waals surface area contributed by atoms with Crippen molar-refractivity contribution < 1.29 is 4.39 Å². The van der Waals surface area contributed by atoms with E-state index in [1.807, 2.05) is 0 Å². The Labute approximate surface area is 138 Å². The summed E-state index contributed by atoms with van der Waals surface area (Å²) in [6.45, 7) is 4.36. The van der Waals surface area contributed by atoms with Crippen LogP contribution in [0.5, 0.6) is 0 Å². The van der Waals surface area contributed by atoms with Crippen LogP contribution in [0.25, 0.3) is 11.0 Å². The molecule has 0 aliphatic rings. The lowest BCUT2D eigenvalue weighted by molar-refractivity contribution is 0.418. The van der Waals surface area contributed by atoms with Crippen molar-refractivity contribution in [1.82, 2.24) is 9.55 Å². The van der Waals surface area contributed by atoms with Gasteiger partial charge in [0.25, 0.3) is 0 Å². The van der Waals surface area contributed by atoms with E-state index in [0.29, 0.717) is 16.4 Å². The fourth-order valence-electron chi connectivity index (χ4n) is 2.82. The molecule has 21 heavy (non-hydrogen) atoms. The summed E-state index contributed by atoms with van der Waals surface area (Å²) in [6, 6.07) is 3.64. The van der Waals surface area contributed by atoms with Gasteiger partial charge in [0.1, 0.15) is 11.6 Å². The molecule has 0 saturated carbocycles. The summed E-state index contributed by atoms with van der Waals surface area (Å²) in [5, 5.41) is 0. The van der Waals surface area contributed by atoms with E-state index in [-0.39, 0.29) is 5.82 Å². The second-order valence-corrected chi connectivity index (χ2v) is 6.49. The Bertz CT molecular complexity index is 612. The van der Waals surface area contributed by atoms with Crippen molar-refractivity contribution in [3.05, 3.63) is 28.2 Å². The number of benzene rings is 1. The first-order valence-corrected chi connectivity index (χ1v) is 8.86. The van der Waals surface area contributed by atoms with E-state index in [1.165, 1.54) is 0 Å². The third-order valence-electron chi connectivity index (χ3n) is 3.80. The summed E-state index contributed by atoms with van der Waals surface area (Å²) in [6.07, 6.45) is 5.55. The quantitative estimate of drug-likeness (QED) is 0.526. The van der Waals surface area contributed by atoms with Gasteiger partial charge < -0.3 is 4.57 Å². The van der Waals surface area contributed by atoms with Crippen molar-refractivity contribution in [2.24, 2.45) is 0 Å². The van der Waals surface area contributed by atoms with Gasteiger partial charge in [-0.25, -0.2) is 9.37 Å². The number of nitrogens with zero attached hydrogens (tertiary/aromatic N) is 2. The number of hydrogen-bond donors (Lipinski definition) is 0. The molecule has 0 saturated heterocycles. The monoisotopic (exact) mass is 374 g/mol. The predicted molar refractivity (Wildman–Crippen MR) is 90.4 cm³/mol. The second kappa shape index (κ2) is 7.59. The fourth-order valence-corrected chi connectivity index (χ4v) is 3.34. The minimum atomic E-state index is -0.254. The van der Waals surface area contributed by atoms with Gasteiger partial charge in [0.2, 0.25) is 0 Å². The third kappa shape index (κ3) is 3.59. The molecule has 0 amide bonds. The molecule has 5 heteroatoms. The number of imidazole rings is 1. The predicted octanol–water partition coefficient (Wildman–Crippen LogP) is 6.21. The molecule has 0 bridgehead atoms. The molecule has 0 radical (unpaired) electrons. The van der Waals surface area contributed by atoms with Crippen molar-refractivity contribution in [3.8, 4) is 0 Å². The molecule has 2 aromatic rings. The normalized spacial score (nSPS) is 13.0. The van der Waals surface area contributed by atoms with Crippen LogP contribution in [-0.4, -0.2) is 9.55 Å². The lowest BCUT2D eigenvalue weighted by atomic mass is 10.0. The Kier molecular flexibility index (Phi) is 6.06. The molecule has 0 aliphatic carbocycles. The van der Waals surface area contributed by atoms with Crippen LogP contribution in [0.4, 0.5) is 4.39 Å². The maximum absolute atomic E-state index is 13.9. The minimum Gasteiger partial charge on any atom is -0.324 e. The summed E-state index contributed by atoms with van der Waals surface area (Å²) in [4.78, 5) is 4.58. The molecule has 2 nitrogen and oxygen atoms in total. The molecule has 2 rings (SSSR count). The smallest absolute Gasteiger partial charge is 0.139 e. The number of hydrogen-bond acceptors (Lipinski definition) is 1. The average molecular weight is 376 g/mol. The standard InChI is InChI=1S/C16H21BrClFN2/c1-3-5-7-11(6-4-2)21-15-9-13(19)12(17)8-14(15)20-16(21)10-18/h8-9,11H,3-7,10H2,1-2H3. The Morgan fingerprint density at radius 1 is 1.29 bits per heavy atom. The number of rotatable bonds is 7. The molecule has 0 N–H and O–H groups in total. The van der Waals surface area contributed by atoms with Gasteiger partial charge in [0, 0.05) is 12.1 Å². The van der Waals surface area contributed by atoms with E-state index < -0.39 is 0 Å². The van der Waals surface area contributed by atoms with Gasteiger partial charge in [-0.1, -0.05) is 33.1 Å². The Morgan fingerprint density at radius 3 is 2.67 bits per heavy atom. The lowest BCUT2D eigenvalue weighted by Crippen LogP contribution is -2.12. The molecule has 116 valence electrons. The van der Waals surface area contributed by atoms with Gasteiger partial charge in [-0.15, -0.1) is 11.6 Å². The maximum Gasteiger partial charge on any atom is 0.139 e. The molecule has 0 aliphatic heterocycles. The third-order valence-corrected chi connectivity index (χ3v) is 4.65. The van der Waals surface area contributed by atoms with E-state index in [1.54, 1.807) is 12.1 Å². The van der Waals surface area contributed by atoms with Crippen LogP contribution in [0.2, 0.25) is 0 Å². The average Bonchev–Trinajstić information content (AvgIpc) is 2.81. The zero-order valence-corrected chi connectivity index (χ0v) is 14.8. The SMILES string of the molecule is CCCCC(CCC)n1c(CCl)nc2cc(Br)c(F)cc21. The highest BCUT2D eigenvalue weighted by Crippen LogP contribution is 2.31. The van der Waals surface area contributed by atoms with Crippen LogP contribution in [0.15, 0.2) is 16.6 Å². The first kappa shape index (κ1) is 16.8. The van der Waals surface area contributed by atoms with Gasteiger partial charge in [-0.3, -0.25) is 0 Å². The van der Waals surface area contributed by atoms with Crippen molar-refractivity contribution in [2.75, 3.05) is 0 Å². The van der Waals surface area contributed by atoms with Crippen molar-refractivity contribution in [3.63, 3.8) is 0 Å². The minimum absolute atomic E-state index is 0.254. The zero-order valence-electron chi connectivity index (χ0n) is 12.5. The van der Waals surface area contributed by atoms with Crippen LogP contribution in [0.3, 0.4) is 0 Å². The van der Waals surface area contributed by atoms with Crippen molar-refractivity contribution in [1.29, 1.82) is 0 Å². The number of alkyl halides is 1. The summed E-state index contributed by atoms with van der Waals surface area (Å²) in [5.74, 6) is 0.925. The van der Waals surface area contributed by atoms with Crippen molar-refractivity contribution >= 4 is 38.6 Å². The summed E-state index contributed by atoms with van der Waals surface area (Å²) in [7, 11) is 0. The number of unbranched alkanes of at least 4 members (excludes halogenated alkanes) is 1. The highest BCUT2D eigenvalue weighted by molar-refractivity contribution is 9.10. The Morgan fingerprint density at radius 2 is 2.05 bits per heavy atom. The molecule has 1 heterocycles. The summed E-state index contributed by atoms with van der Waals surface area (Å²) >= 11 is 9.30. The Balaban J connectivity index is 2.54. The zero-order chi connectivity index (χ0) is 15.4. The fraction of sp³-hybridized carbons (Fsp3) is 0.562. The first-order valence-electron chi connectivity index (χ1n) is 7.54. The van der Waals surface area contributed by atoms with Crippen LogP contribution >= 0.6 is 27.5 Å². The molecular formula is C16H21BrClFN2. The highest BCUT2D eigenvalue weighted by Gasteiger charge is 2.19. The number of fused-ring (bicyclic) bond motifs is 1. The molecule has 1 aromatic carbocycles. The largest absolute Gasteiger partial charge is 0.324 e. The van der Waals surface area contributed by atoms with Gasteiger partial charge >= 0.3 is 0 Å². The molecule has 0 spiro atoms. The van der Waals surface area contributed by atoms with Gasteiger partial charge in [0.05, 0.1) is 21.4 Å². The van der Waals surface area contributed by atoms with Crippen molar-refractivity contribution in [2.45, 2.75) is 57.9 Å². The van der Waals surface area contributed by atoms with Gasteiger partial charge in [0.15, 0.2) is 0 Å². The van der Waals surface area contributed by atoms with Crippen LogP contribution < -0.4 is 0 Å². The van der Waals surface area contributed by atoms with Gasteiger partial charge in [-0.2, -0.15) is 0 Å². The van der Waals surface area contributed by atoms with E-state index in [9.17, 15) is 4.39 Å². The molecule has 1 atom stereocenters. The second-order valence-electron chi connectivity index (χ2n) is 5.37. The Hall–Kier alpha value is -0.610. The van der Waals surface area contributed by atoms with E-state index in [2.05, 4.69) is 39.3 Å². The summed E-state index contributed by atoms with van der Waals surface area (Å²) in [5.41, 5.74) is 1.65. The van der Waals surface area contributed by atoms with Gasteiger partial charge in [-0.05, 0) is 34.8 Å². The van der Waals surface area contributed by atoms with E-state index in [0.717, 1.165) is 49.0 Å². The highest BCUT2D eigenvalue weighted by atomic mass is 79.9. The number of halogens is 3. The van der Waals surface area contributed by atoms with E-state index in [4.69, 9.17) is 11.6 Å². The lowest BCUT2D eigenvalue weighted by Gasteiger charge is -2.21. The molecule has 1 unspecified atom stereocenters. The van der Waals surface area contributed by atoms with Crippen LogP contribution in [0.1, 0.15) is 57.8 Å². The summed E-state index contributed by atoms with van der Waals surface area (Å²) < 4.78 is 16.5. The molecule has 1 aromatic heterocycles.